The number of rotatable bonds is 5. The molecule has 0 saturated carbocycles. The normalized spacial score (nSPS) is 12.8. The molecule has 2 aromatic rings. The van der Waals surface area contributed by atoms with Crippen LogP contribution >= 0.6 is 0 Å². The first-order valence-electron chi connectivity index (χ1n) is 8.33. The number of ether oxygens (including phenoxy) is 1. The van der Waals surface area contributed by atoms with Gasteiger partial charge >= 0.3 is 18.1 Å². The number of carbonyl (C=O) groups is 3. The number of aromatic nitrogens is 3. The van der Waals surface area contributed by atoms with Gasteiger partial charge in [-0.25, -0.2) is 9.59 Å². The van der Waals surface area contributed by atoms with E-state index in [-0.39, 0.29) is 25.1 Å². The second-order valence-corrected chi connectivity index (χ2v) is 6.18. The van der Waals surface area contributed by atoms with Gasteiger partial charge in [-0.15, -0.1) is 0 Å². The van der Waals surface area contributed by atoms with Crippen LogP contribution in [0.4, 0.5) is 13.2 Å². The average Bonchev–Trinajstić information content (AvgIpc) is 2.99. The van der Waals surface area contributed by atoms with E-state index < -0.39 is 24.0 Å². The van der Waals surface area contributed by atoms with Gasteiger partial charge in [0, 0.05) is 36.5 Å². The van der Waals surface area contributed by atoms with Crippen molar-refractivity contribution in [3.8, 4) is 11.3 Å². The van der Waals surface area contributed by atoms with Gasteiger partial charge in [0.25, 0.3) is 0 Å². The molecule has 148 valence electrons. The minimum atomic E-state index is -5.30. The van der Waals surface area contributed by atoms with Crippen molar-refractivity contribution < 1.29 is 32.3 Å². The van der Waals surface area contributed by atoms with Gasteiger partial charge in [0.2, 0.25) is 5.91 Å². The molecular formula is C17H15F3N4O4. The molecule has 11 heteroatoms. The van der Waals surface area contributed by atoms with Crippen molar-refractivity contribution in [1.82, 2.24) is 14.8 Å². The summed E-state index contributed by atoms with van der Waals surface area (Å²) < 4.78 is 42.6. The summed E-state index contributed by atoms with van der Waals surface area (Å²) in [7, 11) is 0. The lowest BCUT2D eigenvalue weighted by atomic mass is 9.90. The molecule has 1 aliphatic carbocycles. The minimum absolute atomic E-state index is 0.000995. The van der Waals surface area contributed by atoms with Crippen molar-refractivity contribution in [3.63, 3.8) is 0 Å². The highest BCUT2D eigenvalue weighted by Gasteiger charge is 2.43. The first-order valence-corrected chi connectivity index (χ1v) is 8.33. The zero-order valence-corrected chi connectivity index (χ0v) is 14.5. The maximum absolute atomic E-state index is 12.5. The lowest BCUT2D eigenvalue weighted by Gasteiger charge is -2.15. The van der Waals surface area contributed by atoms with Crippen molar-refractivity contribution in [2.45, 2.75) is 38.4 Å². The summed E-state index contributed by atoms with van der Waals surface area (Å²) in [4.78, 5) is 38.4. The third-order valence-electron chi connectivity index (χ3n) is 4.26. The molecule has 0 unspecified atom stereocenters. The van der Waals surface area contributed by atoms with Crippen LogP contribution in [0.3, 0.4) is 0 Å². The molecule has 0 spiro atoms. The third kappa shape index (κ3) is 3.87. The van der Waals surface area contributed by atoms with E-state index in [1.807, 2.05) is 0 Å². The van der Waals surface area contributed by atoms with Crippen LogP contribution in [0, 0.1) is 0 Å². The molecule has 3 rings (SSSR count). The quantitative estimate of drug-likeness (QED) is 0.605. The van der Waals surface area contributed by atoms with E-state index in [0.717, 1.165) is 10.2 Å². The molecule has 28 heavy (non-hydrogen) atoms. The lowest BCUT2D eigenvalue weighted by molar-refractivity contribution is -0.193. The maximum atomic E-state index is 12.5. The molecule has 0 atom stereocenters. The highest BCUT2D eigenvalue weighted by molar-refractivity contribution is 5.99. The number of fused-ring (bicyclic) bond motifs is 3. The Bertz CT molecular complexity index is 952. The Morgan fingerprint density at radius 3 is 2.68 bits per heavy atom. The zero-order chi connectivity index (χ0) is 20.5. The van der Waals surface area contributed by atoms with Crippen molar-refractivity contribution >= 4 is 17.8 Å². The number of aryl methyl sites for hydroxylation is 2. The first kappa shape index (κ1) is 19.5. The lowest BCUT2D eigenvalue weighted by Crippen LogP contribution is -2.29. The van der Waals surface area contributed by atoms with Gasteiger partial charge in [-0.05, 0) is 30.9 Å². The Morgan fingerprint density at radius 1 is 1.25 bits per heavy atom. The number of nitrogens with zero attached hydrogens (tertiary/aromatic N) is 3. The summed E-state index contributed by atoms with van der Waals surface area (Å²) in [5.41, 5.74) is 7.23. The van der Waals surface area contributed by atoms with E-state index in [0.29, 0.717) is 29.7 Å². The Hall–Kier alpha value is -3.24. The van der Waals surface area contributed by atoms with Crippen molar-refractivity contribution in [2.24, 2.45) is 5.73 Å². The van der Waals surface area contributed by atoms with Crippen LogP contribution in [-0.4, -0.2) is 38.8 Å². The number of hydrogen-bond donors (Lipinski definition) is 1. The fourth-order valence-electron chi connectivity index (χ4n) is 3.05. The molecule has 2 N–H and O–H groups in total. The number of esters is 2. The van der Waals surface area contributed by atoms with Gasteiger partial charge in [0.05, 0.1) is 5.69 Å². The molecule has 0 bridgehead atoms. The van der Waals surface area contributed by atoms with E-state index in [4.69, 9.17) is 5.73 Å². The highest BCUT2D eigenvalue weighted by atomic mass is 19.4. The van der Waals surface area contributed by atoms with Crippen LogP contribution in [0.15, 0.2) is 18.5 Å². The Labute approximate surface area is 156 Å². The van der Waals surface area contributed by atoms with Crippen LogP contribution in [0.5, 0.6) is 0 Å². The van der Waals surface area contributed by atoms with Crippen LogP contribution in [-0.2, 0) is 33.7 Å². The molecule has 0 fully saturated rings. The van der Waals surface area contributed by atoms with E-state index in [1.165, 1.54) is 6.20 Å². The van der Waals surface area contributed by atoms with Gasteiger partial charge in [-0.3, -0.25) is 14.5 Å². The maximum Gasteiger partial charge on any atom is 0.491 e. The number of amides is 1. The topological polar surface area (TPSA) is 117 Å². The summed E-state index contributed by atoms with van der Waals surface area (Å²) in [6.45, 7) is 0.0427. The molecule has 1 aliphatic rings. The SMILES string of the molecule is NC(=O)CCCn1nc2c(c1C(=O)OC(=O)C(F)(F)F)CCc1cnccc1-2. The summed E-state index contributed by atoms with van der Waals surface area (Å²) in [6, 6.07) is 1.68. The summed E-state index contributed by atoms with van der Waals surface area (Å²) in [6.07, 6.45) is -1.09. The molecule has 0 aliphatic heterocycles. The number of carbonyl (C=O) groups excluding carboxylic acids is 3. The molecule has 0 saturated heterocycles. The predicted molar refractivity (Wildman–Crippen MR) is 87.8 cm³/mol. The molecule has 1 amide bonds. The van der Waals surface area contributed by atoms with E-state index in [1.54, 1.807) is 12.3 Å². The Kier molecular flexibility index (Phi) is 5.16. The van der Waals surface area contributed by atoms with E-state index >= 15 is 0 Å². The minimum Gasteiger partial charge on any atom is -0.381 e. The van der Waals surface area contributed by atoms with Gasteiger partial charge in [0.15, 0.2) is 5.69 Å². The molecule has 8 nitrogen and oxygen atoms in total. The number of halogens is 3. The smallest absolute Gasteiger partial charge is 0.381 e. The summed E-state index contributed by atoms with van der Waals surface area (Å²) in [5.74, 6) is -4.60. The van der Waals surface area contributed by atoms with E-state index in [9.17, 15) is 27.6 Å². The van der Waals surface area contributed by atoms with Crippen molar-refractivity contribution in [2.75, 3.05) is 0 Å². The monoisotopic (exact) mass is 396 g/mol. The summed E-state index contributed by atoms with van der Waals surface area (Å²) >= 11 is 0. The van der Waals surface area contributed by atoms with Crippen LogP contribution in [0.1, 0.15) is 34.5 Å². The predicted octanol–water partition coefficient (Wildman–Crippen LogP) is 1.55. The number of primary amides is 1. The first-order chi connectivity index (χ1) is 13.2. The molecule has 0 aromatic carbocycles. The van der Waals surface area contributed by atoms with Gasteiger partial charge in [-0.2, -0.15) is 18.3 Å². The van der Waals surface area contributed by atoms with Crippen molar-refractivity contribution in [3.05, 3.63) is 35.3 Å². The second-order valence-electron chi connectivity index (χ2n) is 6.18. The third-order valence-corrected chi connectivity index (χ3v) is 4.26. The Balaban J connectivity index is 1.99. The largest absolute Gasteiger partial charge is 0.491 e. The fourth-order valence-corrected chi connectivity index (χ4v) is 3.05. The van der Waals surface area contributed by atoms with Gasteiger partial charge in [0.1, 0.15) is 0 Å². The van der Waals surface area contributed by atoms with Crippen molar-refractivity contribution in [1.29, 1.82) is 0 Å². The molecule has 2 heterocycles. The number of hydrogen-bond acceptors (Lipinski definition) is 6. The van der Waals surface area contributed by atoms with Crippen LogP contribution in [0.2, 0.25) is 0 Å². The molecule has 0 radical (unpaired) electrons. The number of alkyl halides is 3. The Morgan fingerprint density at radius 2 is 2.00 bits per heavy atom. The zero-order valence-electron chi connectivity index (χ0n) is 14.5. The van der Waals surface area contributed by atoms with Gasteiger partial charge < -0.3 is 10.5 Å². The number of nitrogens with two attached hydrogens (primary N) is 1. The molecule has 2 aromatic heterocycles. The molecular weight excluding hydrogens is 381 g/mol. The van der Waals surface area contributed by atoms with Crippen LogP contribution < -0.4 is 5.73 Å². The average molecular weight is 396 g/mol. The van der Waals surface area contributed by atoms with E-state index in [2.05, 4.69) is 14.8 Å². The van der Waals surface area contributed by atoms with Crippen LogP contribution in [0.25, 0.3) is 11.3 Å². The standard InChI is InChI=1S/C17H15F3N4O4/c18-17(19,20)16(27)28-15(26)14-11-4-3-9-8-22-6-5-10(9)13(11)23-24(14)7-1-2-12(21)25/h5-6,8H,1-4,7H2,(H2,21,25). The van der Waals surface area contributed by atoms with Gasteiger partial charge in [-0.1, -0.05) is 0 Å². The second kappa shape index (κ2) is 7.41. The number of pyridine rings is 1. The summed E-state index contributed by atoms with van der Waals surface area (Å²) in [5, 5.41) is 4.32. The fraction of sp³-hybridized carbons (Fsp3) is 0.353. The highest BCUT2D eigenvalue weighted by Crippen LogP contribution is 2.34.